The molecule has 0 saturated carbocycles. The fourth-order valence-electron chi connectivity index (χ4n) is 1.87. The molecule has 0 aromatic heterocycles. The lowest BCUT2D eigenvalue weighted by Gasteiger charge is -2.15. The van der Waals surface area contributed by atoms with Gasteiger partial charge in [-0.2, -0.15) is 0 Å². The first kappa shape index (κ1) is 13.0. The molecule has 0 aliphatic heterocycles. The van der Waals surface area contributed by atoms with E-state index in [1.807, 2.05) is 60.7 Å². The Morgan fingerprint density at radius 3 is 2.21 bits per heavy atom. The van der Waals surface area contributed by atoms with Crippen LogP contribution in [0.3, 0.4) is 0 Å². The van der Waals surface area contributed by atoms with Gasteiger partial charge in [-0.05, 0) is 12.0 Å². The molecule has 0 bridgehead atoms. The molecule has 3 nitrogen and oxygen atoms in total. The number of rotatable bonds is 5. The van der Waals surface area contributed by atoms with Crippen LogP contribution in [0.1, 0.15) is 11.1 Å². The lowest BCUT2D eigenvalue weighted by molar-refractivity contribution is -0.109. The van der Waals surface area contributed by atoms with Crippen molar-refractivity contribution >= 4 is 12.1 Å². The molecule has 0 amide bonds. The summed E-state index contributed by atoms with van der Waals surface area (Å²) in [5, 5.41) is 10.9. The Morgan fingerprint density at radius 2 is 1.63 bits per heavy atom. The van der Waals surface area contributed by atoms with Gasteiger partial charge >= 0.3 is 0 Å². The van der Waals surface area contributed by atoms with E-state index in [1.54, 1.807) is 0 Å². The van der Waals surface area contributed by atoms with E-state index in [0.717, 1.165) is 17.4 Å². The highest BCUT2D eigenvalue weighted by atomic mass is 16.1. The predicted molar refractivity (Wildman–Crippen MR) is 76.4 cm³/mol. The first-order valence-corrected chi connectivity index (χ1v) is 6.19. The zero-order chi connectivity index (χ0) is 13.5. The standard InChI is InChI=1S/C16H16N2O/c17-16(14-9-5-2-6-10-14)18-15(12-19)11-13-7-3-1-4-8-13/h1-10,12,15H,11H2,(H2,17,18). The summed E-state index contributed by atoms with van der Waals surface area (Å²) in [7, 11) is 0. The van der Waals surface area contributed by atoms with E-state index in [4.69, 9.17) is 5.41 Å². The van der Waals surface area contributed by atoms with Crippen LogP contribution >= 0.6 is 0 Å². The van der Waals surface area contributed by atoms with Crippen molar-refractivity contribution in [1.82, 2.24) is 5.32 Å². The van der Waals surface area contributed by atoms with E-state index >= 15 is 0 Å². The van der Waals surface area contributed by atoms with Gasteiger partial charge in [0, 0.05) is 5.56 Å². The monoisotopic (exact) mass is 252 g/mol. The molecule has 96 valence electrons. The molecule has 19 heavy (non-hydrogen) atoms. The summed E-state index contributed by atoms with van der Waals surface area (Å²) in [6.07, 6.45) is 1.43. The van der Waals surface area contributed by atoms with Gasteiger partial charge in [0.25, 0.3) is 0 Å². The van der Waals surface area contributed by atoms with Gasteiger partial charge in [-0.3, -0.25) is 5.41 Å². The van der Waals surface area contributed by atoms with Gasteiger partial charge < -0.3 is 10.1 Å². The zero-order valence-electron chi connectivity index (χ0n) is 10.5. The quantitative estimate of drug-likeness (QED) is 0.488. The molecule has 0 aliphatic rings. The number of benzene rings is 2. The van der Waals surface area contributed by atoms with Crippen LogP contribution < -0.4 is 5.32 Å². The molecule has 2 aromatic carbocycles. The van der Waals surface area contributed by atoms with Crippen LogP contribution in [0.5, 0.6) is 0 Å². The average molecular weight is 252 g/mol. The summed E-state index contributed by atoms with van der Waals surface area (Å²) in [6.45, 7) is 0. The Balaban J connectivity index is 2.00. The van der Waals surface area contributed by atoms with Crippen LogP contribution in [0.15, 0.2) is 60.7 Å². The van der Waals surface area contributed by atoms with Crippen LogP contribution in [0, 0.1) is 5.41 Å². The largest absolute Gasteiger partial charge is 0.360 e. The third-order valence-electron chi connectivity index (χ3n) is 2.85. The average Bonchev–Trinajstić information content (AvgIpc) is 2.48. The number of carbonyl (C=O) groups is 1. The van der Waals surface area contributed by atoms with Crippen molar-refractivity contribution in [3.8, 4) is 0 Å². The third-order valence-corrected chi connectivity index (χ3v) is 2.85. The van der Waals surface area contributed by atoms with E-state index in [0.29, 0.717) is 6.42 Å². The summed E-state index contributed by atoms with van der Waals surface area (Å²) in [6, 6.07) is 18.7. The molecular weight excluding hydrogens is 236 g/mol. The Kier molecular flexibility index (Phi) is 4.45. The summed E-state index contributed by atoms with van der Waals surface area (Å²) in [4.78, 5) is 11.1. The van der Waals surface area contributed by atoms with Crippen LogP contribution in [0.4, 0.5) is 0 Å². The van der Waals surface area contributed by atoms with Gasteiger partial charge in [-0.1, -0.05) is 60.7 Å². The van der Waals surface area contributed by atoms with Crippen LogP contribution in [0.2, 0.25) is 0 Å². The van der Waals surface area contributed by atoms with Crippen molar-refractivity contribution in [2.24, 2.45) is 0 Å². The van der Waals surface area contributed by atoms with Crippen molar-refractivity contribution in [3.63, 3.8) is 0 Å². The Labute approximate surface area is 112 Å². The number of carbonyl (C=O) groups excluding carboxylic acids is 1. The maximum Gasteiger partial charge on any atom is 0.142 e. The molecular formula is C16H16N2O. The van der Waals surface area contributed by atoms with Crippen molar-refractivity contribution < 1.29 is 4.79 Å². The van der Waals surface area contributed by atoms with Crippen molar-refractivity contribution in [3.05, 3.63) is 71.8 Å². The minimum absolute atomic E-state index is 0.272. The number of hydrogen-bond acceptors (Lipinski definition) is 2. The Hall–Kier alpha value is -2.42. The third kappa shape index (κ3) is 3.78. The fourth-order valence-corrected chi connectivity index (χ4v) is 1.87. The summed E-state index contributed by atoms with van der Waals surface area (Å²) >= 11 is 0. The SMILES string of the molecule is N=C(NC(C=O)Cc1ccccc1)c1ccccc1. The minimum Gasteiger partial charge on any atom is -0.360 e. The molecule has 0 fully saturated rings. The molecule has 0 heterocycles. The molecule has 1 atom stereocenters. The summed E-state index contributed by atoms with van der Waals surface area (Å²) in [5.41, 5.74) is 1.86. The van der Waals surface area contributed by atoms with E-state index in [9.17, 15) is 4.79 Å². The van der Waals surface area contributed by atoms with E-state index in [-0.39, 0.29) is 11.9 Å². The summed E-state index contributed by atoms with van der Waals surface area (Å²) in [5.74, 6) is 0.272. The number of amidine groups is 1. The molecule has 3 heteroatoms. The lowest BCUT2D eigenvalue weighted by Crippen LogP contribution is -2.37. The van der Waals surface area contributed by atoms with Gasteiger partial charge in [0.2, 0.25) is 0 Å². The van der Waals surface area contributed by atoms with E-state index in [2.05, 4.69) is 5.32 Å². The molecule has 2 N–H and O–H groups in total. The van der Waals surface area contributed by atoms with Gasteiger partial charge in [0.05, 0.1) is 6.04 Å². The lowest BCUT2D eigenvalue weighted by atomic mass is 10.1. The summed E-state index contributed by atoms with van der Waals surface area (Å²) < 4.78 is 0. The first-order chi connectivity index (χ1) is 9.29. The number of hydrogen-bond donors (Lipinski definition) is 2. The molecule has 1 unspecified atom stereocenters. The van der Waals surface area contributed by atoms with Gasteiger partial charge in [0.1, 0.15) is 12.1 Å². The van der Waals surface area contributed by atoms with Gasteiger partial charge in [-0.15, -0.1) is 0 Å². The maximum atomic E-state index is 11.1. The van der Waals surface area contributed by atoms with Gasteiger partial charge in [-0.25, -0.2) is 0 Å². The molecule has 2 aromatic rings. The fraction of sp³-hybridized carbons (Fsp3) is 0.125. The molecule has 2 rings (SSSR count). The second kappa shape index (κ2) is 6.50. The highest BCUT2D eigenvalue weighted by Gasteiger charge is 2.10. The van der Waals surface area contributed by atoms with Crippen LogP contribution in [-0.2, 0) is 11.2 Å². The van der Waals surface area contributed by atoms with Crippen molar-refractivity contribution in [2.45, 2.75) is 12.5 Å². The second-order valence-electron chi connectivity index (χ2n) is 4.32. The minimum atomic E-state index is -0.380. The normalized spacial score (nSPS) is 11.6. The molecule has 0 radical (unpaired) electrons. The topological polar surface area (TPSA) is 53.0 Å². The van der Waals surface area contributed by atoms with Crippen molar-refractivity contribution in [2.75, 3.05) is 0 Å². The highest BCUT2D eigenvalue weighted by Crippen LogP contribution is 2.04. The predicted octanol–water partition coefficient (Wildman–Crippen LogP) is 2.41. The Bertz CT molecular complexity index is 537. The molecule has 0 saturated heterocycles. The maximum absolute atomic E-state index is 11.1. The molecule has 0 spiro atoms. The highest BCUT2D eigenvalue weighted by molar-refractivity contribution is 5.97. The molecule has 0 aliphatic carbocycles. The van der Waals surface area contributed by atoms with E-state index in [1.165, 1.54) is 0 Å². The van der Waals surface area contributed by atoms with Crippen molar-refractivity contribution in [1.29, 1.82) is 5.41 Å². The first-order valence-electron chi connectivity index (χ1n) is 6.19. The van der Waals surface area contributed by atoms with Crippen LogP contribution in [-0.4, -0.2) is 18.2 Å². The van der Waals surface area contributed by atoms with E-state index < -0.39 is 0 Å². The van der Waals surface area contributed by atoms with Crippen LogP contribution in [0.25, 0.3) is 0 Å². The second-order valence-corrected chi connectivity index (χ2v) is 4.32. The Morgan fingerprint density at radius 1 is 1.05 bits per heavy atom. The van der Waals surface area contributed by atoms with Gasteiger partial charge in [0.15, 0.2) is 0 Å². The zero-order valence-corrected chi connectivity index (χ0v) is 10.5. The number of nitrogens with one attached hydrogen (secondary N) is 2. The smallest absolute Gasteiger partial charge is 0.142 e. The number of aldehydes is 1.